The fourth-order valence-corrected chi connectivity index (χ4v) is 1.93. The van der Waals surface area contributed by atoms with Gasteiger partial charge in [-0.2, -0.15) is 0 Å². The van der Waals surface area contributed by atoms with Crippen LogP contribution in [-0.4, -0.2) is 17.1 Å². The van der Waals surface area contributed by atoms with Crippen LogP contribution in [0.2, 0.25) is 5.02 Å². The molecule has 0 aliphatic rings. The van der Waals surface area contributed by atoms with Gasteiger partial charge in [-0.3, -0.25) is 0 Å². The van der Waals surface area contributed by atoms with Crippen LogP contribution < -0.4 is 11.1 Å². The molecule has 0 aromatic carbocycles. The van der Waals surface area contributed by atoms with Crippen molar-refractivity contribution in [1.82, 2.24) is 4.98 Å². The summed E-state index contributed by atoms with van der Waals surface area (Å²) >= 11 is 9.36. The second kappa shape index (κ2) is 5.14. The molecule has 0 fully saturated rings. The summed E-state index contributed by atoms with van der Waals surface area (Å²) in [5, 5.41) is 3.88. The van der Waals surface area contributed by atoms with Crippen molar-refractivity contribution < 1.29 is 0 Å². The van der Waals surface area contributed by atoms with Crippen LogP contribution in [0.5, 0.6) is 0 Å². The standard InChI is InChI=1S/C10H15BrClN3/c1-10(2,3-4-13)15-9-8(12)5-7(11)6-14-9/h5-6H,3-4,13H2,1-2H3,(H,14,15). The predicted octanol–water partition coefficient (Wildman–Crippen LogP) is 3.04. The maximum absolute atomic E-state index is 6.05. The predicted molar refractivity (Wildman–Crippen MR) is 68.3 cm³/mol. The molecule has 3 nitrogen and oxygen atoms in total. The molecule has 1 aromatic rings. The Balaban J connectivity index is 2.80. The number of anilines is 1. The number of pyridine rings is 1. The van der Waals surface area contributed by atoms with E-state index in [9.17, 15) is 0 Å². The highest BCUT2D eigenvalue weighted by Crippen LogP contribution is 2.26. The van der Waals surface area contributed by atoms with E-state index in [1.54, 1.807) is 6.20 Å². The minimum absolute atomic E-state index is 0.0980. The summed E-state index contributed by atoms with van der Waals surface area (Å²) in [5.74, 6) is 0.693. The number of hydrogen-bond donors (Lipinski definition) is 2. The van der Waals surface area contributed by atoms with Gasteiger partial charge in [0.25, 0.3) is 0 Å². The zero-order valence-electron chi connectivity index (χ0n) is 8.85. The molecule has 0 spiro atoms. The van der Waals surface area contributed by atoms with E-state index in [0.29, 0.717) is 17.4 Å². The molecule has 0 bridgehead atoms. The molecule has 0 radical (unpaired) electrons. The van der Waals surface area contributed by atoms with Crippen LogP contribution in [0.25, 0.3) is 0 Å². The number of halogens is 2. The molecule has 5 heteroatoms. The van der Waals surface area contributed by atoms with Crippen LogP contribution in [0.4, 0.5) is 5.82 Å². The number of nitrogens with zero attached hydrogens (tertiary/aromatic N) is 1. The molecule has 1 aromatic heterocycles. The van der Waals surface area contributed by atoms with Crippen LogP contribution in [-0.2, 0) is 0 Å². The van der Waals surface area contributed by atoms with E-state index in [1.165, 1.54) is 0 Å². The fourth-order valence-electron chi connectivity index (χ4n) is 1.25. The molecule has 1 rings (SSSR count). The molecule has 0 unspecified atom stereocenters. The van der Waals surface area contributed by atoms with Crippen molar-refractivity contribution >= 4 is 33.3 Å². The Hall–Kier alpha value is -0.320. The van der Waals surface area contributed by atoms with Gasteiger partial charge >= 0.3 is 0 Å². The van der Waals surface area contributed by atoms with Crippen LogP contribution in [0.3, 0.4) is 0 Å². The summed E-state index contributed by atoms with van der Waals surface area (Å²) in [7, 11) is 0. The number of hydrogen-bond acceptors (Lipinski definition) is 3. The highest BCUT2D eigenvalue weighted by molar-refractivity contribution is 9.10. The Morgan fingerprint density at radius 2 is 2.27 bits per heavy atom. The molecular formula is C10H15BrClN3. The maximum Gasteiger partial charge on any atom is 0.145 e. The summed E-state index contributed by atoms with van der Waals surface area (Å²) in [6.45, 7) is 4.77. The lowest BCUT2D eigenvalue weighted by Gasteiger charge is -2.26. The van der Waals surface area contributed by atoms with E-state index in [2.05, 4.69) is 40.1 Å². The van der Waals surface area contributed by atoms with Crippen LogP contribution in [0.1, 0.15) is 20.3 Å². The summed E-state index contributed by atoms with van der Waals surface area (Å²) in [6, 6.07) is 1.81. The first-order chi connectivity index (χ1) is 6.94. The van der Waals surface area contributed by atoms with Gasteiger partial charge in [0, 0.05) is 16.2 Å². The van der Waals surface area contributed by atoms with Crippen LogP contribution in [0, 0.1) is 0 Å². The van der Waals surface area contributed by atoms with E-state index in [0.717, 1.165) is 10.9 Å². The Labute approximate surface area is 104 Å². The third-order valence-corrected chi connectivity index (χ3v) is 2.76. The molecule has 0 saturated heterocycles. The van der Waals surface area contributed by atoms with E-state index in [1.807, 2.05) is 6.07 Å². The molecule has 15 heavy (non-hydrogen) atoms. The molecule has 84 valence electrons. The van der Waals surface area contributed by atoms with Gasteiger partial charge < -0.3 is 11.1 Å². The summed E-state index contributed by atoms with van der Waals surface area (Å²) < 4.78 is 0.870. The molecule has 0 atom stereocenters. The second-order valence-electron chi connectivity index (χ2n) is 4.03. The minimum Gasteiger partial charge on any atom is -0.364 e. The van der Waals surface area contributed by atoms with Gasteiger partial charge in [0.2, 0.25) is 0 Å². The highest BCUT2D eigenvalue weighted by atomic mass is 79.9. The lowest BCUT2D eigenvalue weighted by Crippen LogP contribution is -2.33. The Morgan fingerprint density at radius 3 is 2.80 bits per heavy atom. The first-order valence-corrected chi connectivity index (χ1v) is 5.91. The summed E-state index contributed by atoms with van der Waals surface area (Å²) in [4.78, 5) is 4.21. The van der Waals surface area contributed by atoms with Crippen molar-refractivity contribution in [2.75, 3.05) is 11.9 Å². The average molecular weight is 293 g/mol. The van der Waals surface area contributed by atoms with Crippen LogP contribution in [0.15, 0.2) is 16.7 Å². The zero-order chi connectivity index (χ0) is 11.5. The van der Waals surface area contributed by atoms with Gasteiger partial charge in [-0.25, -0.2) is 4.98 Å². The molecular weight excluding hydrogens is 277 g/mol. The molecule has 0 amide bonds. The molecule has 0 saturated carbocycles. The topological polar surface area (TPSA) is 50.9 Å². The third-order valence-electron chi connectivity index (χ3n) is 2.03. The van der Waals surface area contributed by atoms with Crippen molar-refractivity contribution in [3.05, 3.63) is 21.8 Å². The van der Waals surface area contributed by atoms with E-state index >= 15 is 0 Å². The summed E-state index contributed by atoms with van der Waals surface area (Å²) in [5.41, 5.74) is 5.43. The number of nitrogens with one attached hydrogen (secondary N) is 1. The zero-order valence-corrected chi connectivity index (χ0v) is 11.2. The van der Waals surface area contributed by atoms with E-state index in [-0.39, 0.29) is 5.54 Å². The van der Waals surface area contributed by atoms with Gasteiger partial charge in [-0.15, -0.1) is 0 Å². The van der Waals surface area contributed by atoms with Crippen molar-refractivity contribution in [3.63, 3.8) is 0 Å². The fraction of sp³-hybridized carbons (Fsp3) is 0.500. The van der Waals surface area contributed by atoms with Crippen molar-refractivity contribution in [2.24, 2.45) is 5.73 Å². The largest absolute Gasteiger partial charge is 0.364 e. The van der Waals surface area contributed by atoms with E-state index < -0.39 is 0 Å². The van der Waals surface area contributed by atoms with Gasteiger partial charge in [-0.05, 0) is 48.8 Å². The van der Waals surface area contributed by atoms with Gasteiger partial charge in [0.15, 0.2) is 0 Å². The molecule has 3 N–H and O–H groups in total. The quantitative estimate of drug-likeness (QED) is 0.897. The monoisotopic (exact) mass is 291 g/mol. The maximum atomic E-state index is 6.05. The molecule has 0 aliphatic heterocycles. The van der Waals surface area contributed by atoms with Crippen molar-refractivity contribution in [3.8, 4) is 0 Å². The van der Waals surface area contributed by atoms with Crippen molar-refractivity contribution in [2.45, 2.75) is 25.8 Å². The lowest BCUT2D eigenvalue weighted by molar-refractivity contribution is 0.524. The Morgan fingerprint density at radius 1 is 1.60 bits per heavy atom. The average Bonchev–Trinajstić information content (AvgIpc) is 2.09. The number of aromatic nitrogens is 1. The smallest absolute Gasteiger partial charge is 0.145 e. The minimum atomic E-state index is -0.0980. The normalized spacial score (nSPS) is 11.5. The van der Waals surface area contributed by atoms with Gasteiger partial charge in [0.05, 0.1) is 5.02 Å². The number of nitrogens with two attached hydrogens (primary N) is 1. The SMILES string of the molecule is CC(C)(CCN)Nc1ncc(Br)cc1Cl. The summed E-state index contributed by atoms with van der Waals surface area (Å²) in [6.07, 6.45) is 2.58. The Kier molecular flexibility index (Phi) is 4.37. The third kappa shape index (κ3) is 3.97. The first-order valence-electron chi connectivity index (χ1n) is 4.74. The highest BCUT2D eigenvalue weighted by Gasteiger charge is 2.18. The van der Waals surface area contributed by atoms with Gasteiger partial charge in [0.1, 0.15) is 5.82 Å². The first kappa shape index (κ1) is 12.7. The lowest BCUT2D eigenvalue weighted by atomic mass is 10.0. The Bertz CT molecular complexity index is 341. The van der Waals surface area contributed by atoms with Crippen molar-refractivity contribution in [1.29, 1.82) is 0 Å². The second-order valence-corrected chi connectivity index (χ2v) is 5.35. The molecule has 1 heterocycles. The molecule has 0 aliphatic carbocycles. The van der Waals surface area contributed by atoms with Crippen LogP contribution >= 0.6 is 27.5 Å². The van der Waals surface area contributed by atoms with Gasteiger partial charge in [-0.1, -0.05) is 11.6 Å². The number of rotatable bonds is 4. The van der Waals surface area contributed by atoms with E-state index in [4.69, 9.17) is 17.3 Å².